The third-order valence-electron chi connectivity index (χ3n) is 2.74. The fourth-order valence-electron chi connectivity index (χ4n) is 1.64. The highest BCUT2D eigenvalue weighted by Crippen LogP contribution is 2.29. The van der Waals surface area contributed by atoms with Crippen LogP contribution in [-0.2, 0) is 17.6 Å². The minimum absolute atomic E-state index is 0.0308. The predicted molar refractivity (Wildman–Crippen MR) is 73.9 cm³/mol. The topological polar surface area (TPSA) is 45.4 Å². The average Bonchev–Trinajstić information content (AvgIpc) is 2.51. The SMILES string of the molecule is N#Cc1cccc(/[C]=N\OCc2ccc(C(F)(F)F)cc2)c1. The number of halogens is 3. The molecule has 1 radical (unpaired) electrons. The Balaban J connectivity index is 1.91. The average molecular weight is 303 g/mol. The fourth-order valence-corrected chi connectivity index (χ4v) is 1.64. The van der Waals surface area contributed by atoms with Crippen molar-refractivity contribution in [1.82, 2.24) is 0 Å². The van der Waals surface area contributed by atoms with Gasteiger partial charge in [0, 0.05) is 5.56 Å². The van der Waals surface area contributed by atoms with E-state index in [1.54, 1.807) is 24.3 Å². The maximum Gasteiger partial charge on any atom is 0.416 e. The van der Waals surface area contributed by atoms with E-state index in [0.29, 0.717) is 16.7 Å². The standard InChI is InChI=1S/C16H10F3N2O/c17-16(18,19)15-6-4-12(5-7-15)11-22-21-10-14-3-1-2-13(8-14)9-20/h1-8H,11H2. The van der Waals surface area contributed by atoms with Crippen LogP contribution in [0.2, 0.25) is 0 Å². The fraction of sp³-hybridized carbons (Fsp3) is 0.125. The van der Waals surface area contributed by atoms with Gasteiger partial charge in [-0.3, -0.25) is 0 Å². The van der Waals surface area contributed by atoms with Crippen molar-refractivity contribution >= 4 is 6.21 Å². The summed E-state index contributed by atoms with van der Waals surface area (Å²) in [6, 6.07) is 13.2. The Kier molecular flexibility index (Phi) is 4.79. The van der Waals surface area contributed by atoms with E-state index >= 15 is 0 Å². The van der Waals surface area contributed by atoms with E-state index in [4.69, 9.17) is 10.1 Å². The molecule has 6 heteroatoms. The molecule has 0 saturated carbocycles. The lowest BCUT2D eigenvalue weighted by Gasteiger charge is -2.06. The maximum absolute atomic E-state index is 12.4. The zero-order chi connectivity index (χ0) is 16.0. The molecule has 111 valence electrons. The molecule has 0 bridgehead atoms. The van der Waals surface area contributed by atoms with Crippen LogP contribution in [-0.4, -0.2) is 6.21 Å². The molecule has 0 amide bonds. The molecule has 0 unspecified atom stereocenters. The van der Waals surface area contributed by atoms with E-state index in [1.807, 2.05) is 6.07 Å². The van der Waals surface area contributed by atoms with Crippen LogP contribution in [0.25, 0.3) is 0 Å². The molecule has 0 spiro atoms. The first-order valence-electron chi connectivity index (χ1n) is 6.23. The molecule has 0 heterocycles. The van der Waals surface area contributed by atoms with Crippen LogP contribution >= 0.6 is 0 Å². The van der Waals surface area contributed by atoms with Crippen molar-refractivity contribution in [3.05, 3.63) is 70.8 Å². The molecule has 2 aromatic rings. The second-order valence-corrected chi connectivity index (χ2v) is 4.36. The molecular weight excluding hydrogens is 293 g/mol. The number of hydrogen-bond acceptors (Lipinski definition) is 3. The number of nitriles is 1. The van der Waals surface area contributed by atoms with Gasteiger partial charge in [-0.15, -0.1) is 0 Å². The van der Waals surface area contributed by atoms with Crippen molar-refractivity contribution in [2.45, 2.75) is 12.8 Å². The predicted octanol–water partition coefficient (Wildman–Crippen LogP) is 4.00. The van der Waals surface area contributed by atoms with Gasteiger partial charge in [0.2, 0.25) is 0 Å². The lowest BCUT2D eigenvalue weighted by Crippen LogP contribution is -2.04. The minimum atomic E-state index is -4.35. The number of nitrogens with zero attached hydrogens (tertiary/aromatic N) is 2. The molecule has 0 N–H and O–H groups in total. The Hall–Kier alpha value is -2.81. The molecule has 0 atom stereocenters. The van der Waals surface area contributed by atoms with Gasteiger partial charge in [-0.2, -0.15) is 18.4 Å². The molecule has 2 aromatic carbocycles. The molecule has 0 saturated heterocycles. The van der Waals surface area contributed by atoms with E-state index in [1.165, 1.54) is 12.1 Å². The lowest BCUT2D eigenvalue weighted by molar-refractivity contribution is -0.137. The number of benzene rings is 2. The first kappa shape index (κ1) is 15.6. The molecule has 0 aliphatic rings. The molecule has 2 rings (SSSR count). The first-order chi connectivity index (χ1) is 10.5. The summed E-state index contributed by atoms with van der Waals surface area (Å²) in [7, 11) is 0. The maximum atomic E-state index is 12.4. The summed E-state index contributed by atoms with van der Waals surface area (Å²) in [4.78, 5) is 4.97. The summed E-state index contributed by atoms with van der Waals surface area (Å²) in [5.74, 6) is 0. The van der Waals surface area contributed by atoms with E-state index in [0.717, 1.165) is 12.1 Å². The lowest BCUT2D eigenvalue weighted by atomic mass is 10.1. The van der Waals surface area contributed by atoms with Crippen molar-refractivity contribution < 1.29 is 18.0 Å². The van der Waals surface area contributed by atoms with Gasteiger partial charge in [0.15, 0.2) is 0 Å². The van der Waals surface area contributed by atoms with E-state index in [2.05, 4.69) is 11.4 Å². The summed E-state index contributed by atoms with van der Waals surface area (Å²) in [5.41, 5.74) is 0.901. The molecule has 3 nitrogen and oxygen atoms in total. The zero-order valence-corrected chi connectivity index (χ0v) is 11.3. The molecular formula is C16H10F3N2O. The number of hydrogen-bond donors (Lipinski definition) is 0. The van der Waals surface area contributed by atoms with Crippen molar-refractivity contribution in [3.63, 3.8) is 0 Å². The Morgan fingerprint density at radius 2 is 1.73 bits per heavy atom. The van der Waals surface area contributed by atoms with Crippen LogP contribution in [0, 0.1) is 11.3 Å². The van der Waals surface area contributed by atoms with Crippen LogP contribution in [0.4, 0.5) is 13.2 Å². The first-order valence-corrected chi connectivity index (χ1v) is 6.23. The highest BCUT2D eigenvalue weighted by atomic mass is 19.4. The van der Waals surface area contributed by atoms with Crippen LogP contribution in [0.5, 0.6) is 0 Å². The second kappa shape index (κ2) is 6.76. The van der Waals surface area contributed by atoms with Gasteiger partial charge >= 0.3 is 6.18 Å². The molecule has 22 heavy (non-hydrogen) atoms. The smallest absolute Gasteiger partial charge is 0.390 e. The normalized spacial score (nSPS) is 11.4. The Morgan fingerprint density at radius 1 is 1.05 bits per heavy atom. The second-order valence-electron chi connectivity index (χ2n) is 4.36. The highest BCUT2D eigenvalue weighted by molar-refractivity contribution is 5.79. The summed E-state index contributed by atoms with van der Waals surface area (Å²) < 4.78 is 37.2. The van der Waals surface area contributed by atoms with Crippen LogP contribution in [0.1, 0.15) is 22.3 Å². The van der Waals surface area contributed by atoms with Gasteiger partial charge in [-0.05, 0) is 29.8 Å². The molecule has 0 fully saturated rings. The van der Waals surface area contributed by atoms with E-state index < -0.39 is 11.7 Å². The largest absolute Gasteiger partial charge is 0.416 e. The van der Waals surface area contributed by atoms with Crippen LogP contribution in [0.15, 0.2) is 53.7 Å². The third-order valence-corrected chi connectivity index (χ3v) is 2.74. The zero-order valence-electron chi connectivity index (χ0n) is 11.3. The summed E-state index contributed by atoms with van der Waals surface area (Å²) in [6.45, 7) is 0.0308. The van der Waals surface area contributed by atoms with Crippen molar-refractivity contribution in [3.8, 4) is 6.07 Å². The summed E-state index contributed by atoms with van der Waals surface area (Å²) >= 11 is 0. The van der Waals surface area contributed by atoms with Gasteiger partial charge in [-0.25, -0.2) is 0 Å². The van der Waals surface area contributed by atoms with E-state index in [-0.39, 0.29) is 6.61 Å². The third kappa shape index (κ3) is 4.35. The van der Waals surface area contributed by atoms with Crippen LogP contribution < -0.4 is 0 Å². The minimum Gasteiger partial charge on any atom is -0.390 e. The van der Waals surface area contributed by atoms with Crippen molar-refractivity contribution in [2.24, 2.45) is 5.16 Å². The van der Waals surface area contributed by atoms with E-state index in [9.17, 15) is 13.2 Å². The van der Waals surface area contributed by atoms with Crippen LogP contribution in [0.3, 0.4) is 0 Å². The molecule has 0 aliphatic heterocycles. The quantitative estimate of drug-likeness (QED) is 0.633. The Morgan fingerprint density at radius 3 is 2.36 bits per heavy atom. The summed E-state index contributed by atoms with van der Waals surface area (Å²) in [5, 5.41) is 12.3. The number of alkyl halides is 3. The van der Waals surface area contributed by atoms with Gasteiger partial charge < -0.3 is 4.84 Å². The van der Waals surface area contributed by atoms with Crippen molar-refractivity contribution in [1.29, 1.82) is 5.26 Å². The highest BCUT2D eigenvalue weighted by Gasteiger charge is 2.29. The van der Waals surface area contributed by atoms with Gasteiger partial charge in [0.1, 0.15) is 12.8 Å². The van der Waals surface area contributed by atoms with Gasteiger partial charge in [0.05, 0.1) is 17.2 Å². The van der Waals surface area contributed by atoms with Gasteiger partial charge in [0.25, 0.3) is 0 Å². The number of rotatable bonds is 4. The Labute approximate surface area is 125 Å². The molecule has 0 aromatic heterocycles. The summed E-state index contributed by atoms with van der Waals surface area (Å²) in [6.07, 6.45) is -1.75. The van der Waals surface area contributed by atoms with Crippen molar-refractivity contribution in [2.75, 3.05) is 0 Å². The van der Waals surface area contributed by atoms with Gasteiger partial charge in [-0.1, -0.05) is 29.4 Å². The monoisotopic (exact) mass is 303 g/mol. The Bertz CT molecular complexity index is 701. The molecule has 0 aliphatic carbocycles.